The van der Waals surface area contributed by atoms with E-state index in [0.29, 0.717) is 25.4 Å². The number of alkyl halides is 2. The van der Waals surface area contributed by atoms with Gasteiger partial charge in [0.15, 0.2) is 0 Å². The zero-order chi connectivity index (χ0) is 11.4. The summed E-state index contributed by atoms with van der Waals surface area (Å²) in [5.41, 5.74) is 5.23. The summed E-state index contributed by atoms with van der Waals surface area (Å²) in [6, 6.07) is 0.227. The Morgan fingerprint density at radius 3 is 2.69 bits per heavy atom. The van der Waals surface area contributed by atoms with Gasteiger partial charge in [0.25, 0.3) is 6.02 Å². The third-order valence-electron chi connectivity index (χ3n) is 4.23. The van der Waals surface area contributed by atoms with E-state index in [2.05, 4.69) is 4.99 Å². The highest BCUT2D eigenvalue weighted by molar-refractivity contribution is 5.73. The zero-order valence-corrected chi connectivity index (χ0v) is 9.09. The molecule has 0 aromatic rings. The summed E-state index contributed by atoms with van der Waals surface area (Å²) in [5.74, 6) is -1.98. The van der Waals surface area contributed by atoms with E-state index in [9.17, 15) is 8.78 Å². The number of nitrogens with two attached hydrogens (primary N) is 1. The quantitative estimate of drug-likeness (QED) is 0.691. The molecule has 5 heteroatoms. The highest BCUT2D eigenvalue weighted by Gasteiger charge is 2.53. The van der Waals surface area contributed by atoms with Crippen molar-refractivity contribution in [2.75, 3.05) is 6.61 Å². The van der Waals surface area contributed by atoms with Crippen LogP contribution in [0.15, 0.2) is 4.99 Å². The van der Waals surface area contributed by atoms with E-state index in [1.165, 1.54) is 0 Å². The summed E-state index contributed by atoms with van der Waals surface area (Å²) in [6.07, 6.45) is 2.26. The molecule has 3 atom stereocenters. The predicted octanol–water partition coefficient (Wildman–Crippen LogP) is 1.92. The average molecular weight is 230 g/mol. The maximum absolute atomic E-state index is 13.3. The van der Waals surface area contributed by atoms with E-state index < -0.39 is 5.92 Å². The number of nitrogens with zero attached hydrogens (tertiary/aromatic N) is 1. The first kappa shape index (κ1) is 10.3. The number of rotatable bonds is 0. The van der Waals surface area contributed by atoms with E-state index >= 15 is 0 Å². The van der Waals surface area contributed by atoms with Gasteiger partial charge in [0, 0.05) is 12.8 Å². The molecule has 0 radical (unpaired) electrons. The Morgan fingerprint density at radius 1 is 1.25 bits per heavy atom. The molecule has 2 aliphatic carbocycles. The number of ether oxygens (including phenoxy) is 1. The summed E-state index contributed by atoms with van der Waals surface area (Å²) >= 11 is 0. The normalized spacial score (nSPS) is 45.2. The number of fused-ring (bicyclic) bond motifs is 1. The van der Waals surface area contributed by atoms with Gasteiger partial charge in [-0.2, -0.15) is 0 Å². The van der Waals surface area contributed by atoms with Crippen LogP contribution in [0.5, 0.6) is 0 Å². The Balaban J connectivity index is 1.77. The lowest BCUT2D eigenvalue weighted by molar-refractivity contribution is -0.0634. The molecule has 0 saturated heterocycles. The lowest BCUT2D eigenvalue weighted by Crippen LogP contribution is -2.29. The van der Waals surface area contributed by atoms with Gasteiger partial charge in [-0.3, -0.25) is 0 Å². The molecule has 90 valence electrons. The van der Waals surface area contributed by atoms with Gasteiger partial charge in [-0.25, -0.2) is 13.8 Å². The number of hydrogen-bond acceptors (Lipinski definition) is 3. The second kappa shape index (κ2) is 3.08. The molecule has 16 heavy (non-hydrogen) atoms. The lowest BCUT2D eigenvalue weighted by Gasteiger charge is -2.31. The minimum absolute atomic E-state index is 0.0227. The predicted molar refractivity (Wildman–Crippen MR) is 55.3 cm³/mol. The summed E-state index contributed by atoms with van der Waals surface area (Å²) in [4.78, 5) is 4.32. The summed E-state index contributed by atoms with van der Waals surface area (Å²) in [6.45, 7) is 0.484. The van der Waals surface area contributed by atoms with E-state index in [-0.39, 0.29) is 30.3 Å². The van der Waals surface area contributed by atoms with Crippen LogP contribution in [0.1, 0.15) is 32.1 Å². The Labute approximate surface area is 93.1 Å². The maximum Gasteiger partial charge on any atom is 0.282 e. The molecular weight excluding hydrogens is 214 g/mol. The van der Waals surface area contributed by atoms with Crippen LogP contribution in [0.4, 0.5) is 8.78 Å². The third-order valence-corrected chi connectivity index (χ3v) is 4.23. The number of amidine groups is 1. The number of hydrogen-bond donors (Lipinski definition) is 1. The van der Waals surface area contributed by atoms with Gasteiger partial charge >= 0.3 is 0 Å². The van der Waals surface area contributed by atoms with Gasteiger partial charge < -0.3 is 10.5 Å². The van der Waals surface area contributed by atoms with Gasteiger partial charge in [0.1, 0.15) is 12.1 Å². The summed E-state index contributed by atoms with van der Waals surface area (Å²) < 4.78 is 31.8. The average Bonchev–Trinajstić information content (AvgIpc) is 2.68. The van der Waals surface area contributed by atoms with Crippen molar-refractivity contribution < 1.29 is 13.5 Å². The van der Waals surface area contributed by atoms with Gasteiger partial charge in [0.05, 0.1) is 0 Å². The second-order valence-corrected chi connectivity index (χ2v) is 5.49. The van der Waals surface area contributed by atoms with Crippen molar-refractivity contribution >= 4 is 6.02 Å². The Hall–Kier alpha value is -0.870. The van der Waals surface area contributed by atoms with E-state index in [1.807, 2.05) is 0 Å². The molecule has 1 aliphatic heterocycles. The lowest BCUT2D eigenvalue weighted by atomic mass is 9.80. The Morgan fingerprint density at radius 2 is 2.00 bits per heavy atom. The Bertz CT molecular complexity index is 345. The highest BCUT2D eigenvalue weighted by Crippen LogP contribution is 2.53. The van der Waals surface area contributed by atoms with Crippen LogP contribution in [0.25, 0.3) is 0 Å². The third kappa shape index (κ3) is 1.57. The fourth-order valence-electron chi connectivity index (χ4n) is 3.57. The fraction of sp³-hybridized carbons (Fsp3) is 0.909. The van der Waals surface area contributed by atoms with Crippen LogP contribution in [0, 0.1) is 11.8 Å². The first-order valence-electron chi connectivity index (χ1n) is 5.84. The minimum Gasteiger partial charge on any atom is -0.463 e. The van der Waals surface area contributed by atoms with Gasteiger partial charge in [-0.1, -0.05) is 0 Å². The molecule has 0 aromatic heterocycles. The fourth-order valence-corrected chi connectivity index (χ4v) is 3.57. The topological polar surface area (TPSA) is 47.6 Å². The summed E-state index contributed by atoms with van der Waals surface area (Å²) in [5, 5.41) is 0. The molecule has 2 fully saturated rings. The molecule has 0 aromatic carbocycles. The molecule has 3 rings (SSSR count). The van der Waals surface area contributed by atoms with Crippen LogP contribution < -0.4 is 5.73 Å². The summed E-state index contributed by atoms with van der Waals surface area (Å²) in [7, 11) is 0. The van der Waals surface area contributed by atoms with Crippen LogP contribution in [-0.4, -0.2) is 24.1 Å². The Kier molecular flexibility index (Phi) is 1.98. The molecule has 2 unspecified atom stereocenters. The van der Waals surface area contributed by atoms with Crippen molar-refractivity contribution in [1.82, 2.24) is 0 Å². The van der Waals surface area contributed by atoms with Crippen LogP contribution >= 0.6 is 0 Å². The molecule has 2 N–H and O–H groups in total. The second-order valence-electron chi connectivity index (χ2n) is 5.49. The van der Waals surface area contributed by atoms with E-state index in [4.69, 9.17) is 10.5 Å². The van der Waals surface area contributed by atoms with Crippen molar-refractivity contribution in [3.05, 3.63) is 0 Å². The first-order chi connectivity index (χ1) is 7.48. The molecule has 1 heterocycles. The molecule has 0 bridgehead atoms. The highest BCUT2D eigenvalue weighted by atomic mass is 19.3. The first-order valence-corrected chi connectivity index (χ1v) is 5.84. The van der Waals surface area contributed by atoms with Gasteiger partial charge in [0.2, 0.25) is 5.92 Å². The molecule has 0 amide bonds. The van der Waals surface area contributed by atoms with Gasteiger partial charge in [-0.05, 0) is 31.1 Å². The zero-order valence-electron chi connectivity index (χ0n) is 9.09. The smallest absolute Gasteiger partial charge is 0.282 e. The number of halogens is 2. The van der Waals surface area contributed by atoms with Crippen LogP contribution in [0.3, 0.4) is 0 Å². The minimum atomic E-state index is -2.47. The monoisotopic (exact) mass is 230 g/mol. The van der Waals surface area contributed by atoms with E-state index in [0.717, 1.165) is 6.42 Å². The number of aliphatic imine (C=N–C) groups is 1. The molecule has 3 aliphatic rings. The van der Waals surface area contributed by atoms with Crippen molar-refractivity contribution in [3.63, 3.8) is 0 Å². The molecule has 1 spiro atoms. The molecular formula is C11H16F2N2O. The van der Waals surface area contributed by atoms with E-state index in [1.54, 1.807) is 0 Å². The van der Waals surface area contributed by atoms with Crippen LogP contribution in [0.2, 0.25) is 0 Å². The SMILES string of the molecule is NC1=NC2(CO1)CC1CC(F)(F)CC[C@H]1C2. The van der Waals surface area contributed by atoms with Crippen molar-refractivity contribution in [1.29, 1.82) is 0 Å². The van der Waals surface area contributed by atoms with Crippen molar-refractivity contribution in [2.24, 2.45) is 22.6 Å². The maximum atomic E-state index is 13.3. The largest absolute Gasteiger partial charge is 0.463 e. The standard InChI is InChI=1S/C11H16F2N2O/c12-11(13)2-1-7-3-10(4-8(7)5-11)6-16-9(14)15-10/h7-8H,1-6H2,(H2,14,15)/t7-,8?,10?/m0/s1. The van der Waals surface area contributed by atoms with Gasteiger partial charge in [-0.15, -0.1) is 0 Å². The van der Waals surface area contributed by atoms with Crippen molar-refractivity contribution in [2.45, 2.75) is 43.6 Å². The van der Waals surface area contributed by atoms with Crippen LogP contribution in [-0.2, 0) is 4.74 Å². The molecule has 3 nitrogen and oxygen atoms in total. The molecule has 2 saturated carbocycles. The van der Waals surface area contributed by atoms with Crippen molar-refractivity contribution in [3.8, 4) is 0 Å².